The molecule has 0 radical (unpaired) electrons. The molecule has 0 aliphatic heterocycles. The lowest BCUT2D eigenvalue weighted by Crippen LogP contribution is -2.36. The summed E-state index contributed by atoms with van der Waals surface area (Å²) in [6.07, 6.45) is 0.704. The van der Waals surface area contributed by atoms with Crippen LogP contribution in [0.25, 0.3) is 22.0 Å². The summed E-state index contributed by atoms with van der Waals surface area (Å²) in [5.41, 5.74) is 1.78. The first kappa shape index (κ1) is 22.8. The molecule has 33 heavy (non-hydrogen) atoms. The summed E-state index contributed by atoms with van der Waals surface area (Å²) in [5.74, 6) is 1.31. The van der Waals surface area contributed by atoms with Crippen molar-refractivity contribution < 1.29 is 19.0 Å². The van der Waals surface area contributed by atoms with Gasteiger partial charge >= 0.3 is 0 Å². The third-order valence-corrected chi connectivity index (χ3v) is 6.09. The number of amides is 1. The molecule has 6 nitrogen and oxygen atoms in total. The smallest absolute Gasteiger partial charge is 0.266 e. The van der Waals surface area contributed by atoms with Crippen molar-refractivity contribution in [1.82, 2.24) is 4.98 Å². The maximum Gasteiger partial charge on any atom is 0.266 e. The number of hydrogen-bond acceptors (Lipinski definition) is 6. The standard InChI is InChI=1S/C26H26N2O4S/c1-30-15-5-14-28(26-27-24(18-33-26)20-9-11-22(31-2)12-10-20)25(29)17-32-23-13-8-19-6-3-4-7-21(19)16-23/h3-4,6-13,16,18H,5,14-15,17H2,1-2H3. The molecule has 0 spiro atoms. The molecular weight excluding hydrogens is 436 g/mol. The number of rotatable bonds is 10. The van der Waals surface area contributed by atoms with Gasteiger partial charge in [0.05, 0.1) is 12.8 Å². The lowest BCUT2D eigenvalue weighted by atomic mass is 10.1. The van der Waals surface area contributed by atoms with Crippen LogP contribution in [-0.4, -0.2) is 44.9 Å². The SMILES string of the molecule is COCCCN(C(=O)COc1ccc2ccccc2c1)c1nc(-c2ccc(OC)cc2)cs1. The Kier molecular flexibility index (Phi) is 7.55. The molecule has 0 atom stereocenters. The van der Waals surface area contributed by atoms with E-state index in [4.69, 9.17) is 19.2 Å². The molecule has 3 aromatic carbocycles. The molecule has 0 aliphatic carbocycles. The molecule has 0 saturated carbocycles. The lowest BCUT2D eigenvalue weighted by Gasteiger charge is -2.20. The molecule has 170 valence electrons. The number of fused-ring (bicyclic) bond motifs is 1. The fraction of sp³-hybridized carbons (Fsp3) is 0.231. The van der Waals surface area contributed by atoms with Crippen molar-refractivity contribution in [3.05, 3.63) is 72.1 Å². The zero-order valence-electron chi connectivity index (χ0n) is 18.7. The Morgan fingerprint density at radius 3 is 2.48 bits per heavy atom. The summed E-state index contributed by atoms with van der Waals surface area (Å²) in [6.45, 7) is 0.998. The fourth-order valence-electron chi connectivity index (χ4n) is 3.46. The van der Waals surface area contributed by atoms with Crippen LogP contribution < -0.4 is 14.4 Å². The highest BCUT2D eigenvalue weighted by atomic mass is 32.1. The number of carbonyl (C=O) groups excluding carboxylic acids is 1. The van der Waals surface area contributed by atoms with Gasteiger partial charge in [0.15, 0.2) is 11.7 Å². The first-order chi connectivity index (χ1) is 16.2. The minimum atomic E-state index is -0.144. The van der Waals surface area contributed by atoms with Crippen molar-refractivity contribution >= 4 is 33.1 Å². The van der Waals surface area contributed by atoms with Crippen LogP contribution in [0.3, 0.4) is 0 Å². The second-order valence-electron chi connectivity index (χ2n) is 7.43. The molecule has 0 fully saturated rings. The maximum atomic E-state index is 13.1. The van der Waals surface area contributed by atoms with E-state index >= 15 is 0 Å². The number of methoxy groups -OCH3 is 2. The third-order valence-electron chi connectivity index (χ3n) is 5.22. The van der Waals surface area contributed by atoms with E-state index < -0.39 is 0 Å². The summed E-state index contributed by atoms with van der Waals surface area (Å²) in [5, 5.41) is 4.80. The van der Waals surface area contributed by atoms with Crippen LogP contribution in [0.4, 0.5) is 5.13 Å². The van der Waals surface area contributed by atoms with E-state index in [-0.39, 0.29) is 12.5 Å². The molecule has 0 bridgehead atoms. The van der Waals surface area contributed by atoms with E-state index in [0.717, 1.165) is 27.8 Å². The van der Waals surface area contributed by atoms with Crippen LogP contribution in [0.5, 0.6) is 11.5 Å². The van der Waals surface area contributed by atoms with Crippen LogP contribution in [0.1, 0.15) is 6.42 Å². The normalized spacial score (nSPS) is 10.8. The highest BCUT2D eigenvalue weighted by Gasteiger charge is 2.20. The first-order valence-electron chi connectivity index (χ1n) is 10.7. The Labute approximate surface area is 197 Å². The van der Waals surface area contributed by atoms with Crippen LogP contribution in [0, 0.1) is 0 Å². The number of anilines is 1. The minimum Gasteiger partial charge on any atom is -0.497 e. The van der Waals surface area contributed by atoms with Crippen LogP contribution in [-0.2, 0) is 9.53 Å². The van der Waals surface area contributed by atoms with Gasteiger partial charge in [0, 0.05) is 31.2 Å². The molecular formula is C26H26N2O4S. The van der Waals surface area contributed by atoms with Gasteiger partial charge in [-0.1, -0.05) is 30.3 Å². The van der Waals surface area contributed by atoms with Crippen LogP contribution in [0.2, 0.25) is 0 Å². The molecule has 4 aromatic rings. The van der Waals surface area contributed by atoms with Gasteiger partial charge in [-0.15, -0.1) is 11.3 Å². The molecule has 0 aliphatic rings. The molecule has 7 heteroatoms. The van der Waals surface area contributed by atoms with Gasteiger partial charge in [0.2, 0.25) is 0 Å². The Balaban J connectivity index is 1.48. The van der Waals surface area contributed by atoms with Crippen molar-refractivity contribution in [2.24, 2.45) is 0 Å². The molecule has 0 saturated heterocycles. The van der Waals surface area contributed by atoms with Crippen molar-refractivity contribution in [1.29, 1.82) is 0 Å². The number of thiazole rings is 1. The van der Waals surface area contributed by atoms with Gasteiger partial charge in [0.25, 0.3) is 5.91 Å². The molecule has 0 N–H and O–H groups in total. The molecule has 1 amide bonds. The van der Waals surface area contributed by atoms with E-state index in [0.29, 0.717) is 30.5 Å². The van der Waals surface area contributed by atoms with Crippen molar-refractivity contribution in [3.8, 4) is 22.8 Å². The Morgan fingerprint density at radius 1 is 0.970 bits per heavy atom. The third kappa shape index (κ3) is 5.69. The zero-order valence-corrected chi connectivity index (χ0v) is 19.5. The monoisotopic (exact) mass is 462 g/mol. The second-order valence-corrected chi connectivity index (χ2v) is 8.27. The predicted molar refractivity (Wildman–Crippen MR) is 132 cm³/mol. The van der Waals surface area contributed by atoms with Gasteiger partial charge in [-0.25, -0.2) is 4.98 Å². The number of hydrogen-bond donors (Lipinski definition) is 0. The molecule has 1 heterocycles. The predicted octanol–water partition coefficient (Wildman–Crippen LogP) is 5.42. The van der Waals surface area contributed by atoms with Gasteiger partial charge in [-0.3, -0.25) is 9.69 Å². The summed E-state index contributed by atoms with van der Waals surface area (Å²) in [4.78, 5) is 19.5. The number of carbonyl (C=O) groups is 1. The molecule has 0 unspecified atom stereocenters. The first-order valence-corrected chi connectivity index (χ1v) is 11.6. The van der Waals surface area contributed by atoms with E-state index in [1.165, 1.54) is 11.3 Å². The number of ether oxygens (including phenoxy) is 3. The van der Waals surface area contributed by atoms with Gasteiger partial charge in [0.1, 0.15) is 11.5 Å². The highest BCUT2D eigenvalue weighted by Crippen LogP contribution is 2.29. The van der Waals surface area contributed by atoms with E-state index in [1.807, 2.05) is 72.1 Å². The quantitative estimate of drug-likeness (QED) is 0.295. The number of benzene rings is 3. The summed E-state index contributed by atoms with van der Waals surface area (Å²) in [7, 11) is 3.29. The molecule has 1 aromatic heterocycles. The summed E-state index contributed by atoms with van der Waals surface area (Å²) < 4.78 is 16.2. The van der Waals surface area contributed by atoms with E-state index in [2.05, 4.69) is 0 Å². The van der Waals surface area contributed by atoms with Crippen LogP contribution in [0.15, 0.2) is 72.1 Å². The van der Waals surface area contributed by atoms with Crippen molar-refractivity contribution in [3.63, 3.8) is 0 Å². The van der Waals surface area contributed by atoms with Gasteiger partial charge in [-0.2, -0.15) is 0 Å². The number of nitrogens with zero attached hydrogens (tertiary/aromatic N) is 2. The van der Waals surface area contributed by atoms with Crippen LogP contribution >= 0.6 is 11.3 Å². The average molecular weight is 463 g/mol. The largest absolute Gasteiger partial charge is 0.497 e. The van der Waals surface area contributed by atoms with Gasteiger partial charge in [-0.05, 0) is 53.6 Å². The maximum absolute atomic E-state index is 13.1. The van der Waals surface area contributed by atoms with Gasteiger partial charge < -0.3 is 14.2 Å². The van der Waals surface area contributed by atoms with Crippen molar-refractivity contribution in [2.75, 3.05) is 38.9 Å². The number of aromatic nitrogens is 1. The average Bonchev–Trinajstić information content (AvgIpc) is 3.35. The zero-order chi connectivity index (χ0) is 23.0. The van der Waals surface area contributed by atoms with E-state index in [1.54, 1.807) is 19.1 Å². The fourth-order valence-corrected chi connectivity index (χ4v) is 4.33. The lowest BCUT2D eigenvalue weighted by molar-refractivity contribution is -0.120. The van der Waals surface area contributed by atoms with E-state index in [9.17, 15) is 4.79 Å². The minimum absolute atomic E-state index is 0.0667. The summed E-state index contributed by atoms with van der Waals surface area (Å²) in [6, 6.07) is 21.6. The Hall–Kier alpha value is -3.42. The molecule has 4 rings (SSSR count). The second kappa shape index (κ2) is 10.9. The topological polar surface area (TPSA) is 60.9 Å². The summed E-state index contributed by atoms with van der Waals surface area (Å²) >= 11 is 1.44. The Morgan fingerprint density at radius 2 is 1.73 bits per heavy atom. The van der Waals surface area contributed by atoms with Crippen molar-refractivity contribution in [2.45, 2.75) is 6.42 Å². The highest BCUT2D eigenvalue weighted by molar-refractivity contribution is 7.14. The Bertz CT molecular complexity index is 1210.